The van der Waals surface area contributed by atoms with E-state index in [1.807, 2.05) is 0 Å². The van der Waals surface area contributed by atoms with Gasteiger partial charge in [-0.25, -0.2) is 9.59 Å². The van der Waals surface area contributed by atoms with E-state index < -0.39 is 11.9 Å². The number of benzene rings is 2. The molecule has 0 bridgehead atoms. The van der Waals surface area contributed by atoms with Gasteiger partial charge in [0.15, 0.2) is 5.75 Å². The molecule has 2 aromatic rings. The fraction of sp³-hybridized carbons (Fsp3) is 0.125. The van der Waals surface area contributed by atoms with Crippen molar-refractivity contribution in [3.8, 4) is 17.2 Å². The number of esters is 1. The Kier molecular flexibility index (Phi) is 4.78. The molecular weight excluding hydrogens is 316 g/mol. The first-order chi connectivity index (χ1) is 11.4. The first kappa shape index (κ1) is 16.9. The van der Waals surface area contributed by atoms with E-state index in [1.54, 1.807) is 6.07 Å². The monoisotopic (exact) mass is 332 g/mol. The minimum absolute atomic E-state index is 0.0634. The fourth-order valence-electron chi connectivity index (χ4n) is 1.97. The zero-order valence-corrected chi connectivity index (χ0v) is 13.0. The van der Waals surface area contributed by atoms with Gasteiger partial charge in [0.25, 0.3) is 0 Å². The lowest BCUT2D eigenvalue weighted by molar-refractivity contribution is 0.0689. The Morgan fingerprint density at radius 2 is 1.58 bits per heavy atom. The van der Waals surface area contributed by atoms with E-state index in [1.165, 1.54) is 38.5 Å². The number of carboxylic acids is 1. The van der Waals surface area contributed by atoms with Gasteiger partial charge in [0.1, 0.15) is 11.5 Å². The molecule has 24 heavy (non-hydrogen) atoms. The van der Waals surface area contributed by atoms with Gasteiger partial charge in [0, 0.05) is 11.8 Å². The molecule has 5 N–H and O–H groups in total. The van der Waals surface area contributed by atoms with Gasteiger partial charge < -0.3 is 30.8 Å². The zero-order chi connectivity index (χ0) is 17.9. The molecule has 8 heteroatoms. The first-order valence-corrected chi connectivity index (χ1v) is 6.73. The van der Waals surface area contributed by atoms with Crippen LogP contribution in [-0.4, -0.2) is 31.3 Å². The SMILES string of the molecule is COc1ccc(N)c(C(=O)Oc2cc(OC)cc(C(=O)O)c2N)c1. The Balaban J connectivity index is 2.42. The predicted molar refractivity (Wildman–Crippen MR) is 86.7 cm³/mol. The highest BCUT2D eigenvalue weighted by molar-refractivity contribution is 6.00. The minimum atomic E-state index is -1.27. The summed E-state index contributed by atoms with van der Waals surface area (Å²) in [6.45, 7) is 0. The highest BCUT2D eigenvalue weighted by Crippen LogP contribution is 2.32. The number of nitrogens with two attached hydrogens (primary N) is 2. The van der Waals surface area contributed by atoms with Crippen molar-refractivity contribution in [2.75, 3.05) is 25.7 Å². The summed E-state index contributed by atoms with van der Waals surface area (Å²) in [5, 5.41) is 9.16. The molecule has 0 saturated heterocycles. The number of carbonyl (C=O) groups excluding carboxylic acids is 1. The summed E-state index contributed by atoms with van der Waals surface area (Å²) in [5.74, 6) is -1.62. The summed E-state index contributed by atoms with van der Waals surface area (Å²) in [4.78, 5) is 23.6. The van der Waals surface area contributed by atoms with Crippen LogP contribution < -0.4 is 25.7 Å². The number of rotatable bonds is 5. The van der Waals surface area contributed by atoms with Gasteiger partial charge in [-0.2, -0.15) is 0 Å². The minimum Gasteiger partial charge on any atom is -0.497 e. The second kappa shape index (κ2) is 6.78. The van der Waals surface area contributed by atoms with Crippen molar-refractivity contribution >= 4 is 23.3 Å². The number of ether oxygens (including phenoxy) is 3. The van der Waals surface area contributed by atoms with Gasteiger partial charge in [0.2, 0.25) is 0 Å². The molecule has 0 amide bonds. The third-order valence-electron chi connectivity index (χ3n) is 3.26. The third-order valence-corrected chi connectivity index (χ3v) is 3.26. The summed E-state index contributed by atoms with van der Waals surface area (Å²) in [5.41, 5.74) is 11.3. The highest BCUT2D eigenvalue weighted by Gasteiger charge is 2.20. The summed E-state index contributed by atoms with van der Waals surface area (Å²) in [6.07, 6.45) is 0. The van der Waals surface area contributed by atoms with Crippen molar-refractivity contribution in [1.29, 1.82) is 0 Å². The lowest BCUT2D eigenvalue weighted by atomic mass is 10.1. The summed E-state index contributed by atoms with van der Waals surface area (Å²) in [7, 11) is 2.79. The van der Waals surface area contributed by atoms with Crippen molar-refractivity contribution in [3.05, 3.63) is 41.5 Å². The molecule has 0 aliphatic heterocycles. The van der Waals surface area contributed by atoms with E-state index in [2.05, 4.69) is 0 Å². The molecular formula is C16H16N2O6. The molecule has 0 aliphatic rings. The van der Waals surface area contributed by atoms with E-state index >= 15 is 0 Å². The summed E-state index contributed by atoms with van der Waals surface area (Å²) >= 11 is 0. The molecule has 0 aromatic heterocycles. The summed E-state index contributed by atoms with van der Waals surface area (Å²) in [6, 6.07) is 7.04. The maximum absolute atomic E-state index is 12.3. The van der Waals surface area contributed by atoms with Crippen LogP contribution in [0.1, 0.15) is 20.7 Å². The van der Waals surface area contributed by atoms with Crippen LogP contribution in [0.25, 0.3) is 0 Å². The largest absolute Gasteiger partial charge is 0.497 e. The Hall–Kier alpha value is -3.42. The molecule has 2 rings (SSSR count). The topological polar surface area (TPSA) is 134 Å². The van der Waals surface area contributed by atoms with Crippen LogP contribution in [0.4, 0.5) is 11.4 Å². The van der Waals surface area contributed by atoms with Crippen molar-refractivity contribution in [2.24, 2.45) is 0 Å². The number of aromatic carboxylic acids is 1. The van der Waals surface area contributed by atoms with E-state index in [4.69, 9.17) is 30.8 Å². The maximum atomic E-state index is 12.3. The van der Waals surface area contributed by atoms with Gasteiger partial charge in [-0.05, 0) is 24.3 Å². The molecule has 0 aliphatic carbocycles. The van der Waals surface area contributed by atoms with Crippen LogP contribution in [0.15, 0.2) is 30.3 Å². The molecule has 0 atom stereocenters. The molecule has 0 spiro atoms. The number of nitrogen functional groups attached to an aromatic ring is 2. The van der Waals surface area contributed by atoms with E-state index in [-0.39, 0.29) is 34.0 Å². The standard InChI is InChI=1S/C16H16N2O6/c1-22-8-3-4-12(17)10(5-8)16(21)24-13-7-9(23-2)6-11(14(13)18)15(19)20/h3-7H,17-18H2,1-2H3,(H,19,20). The van der Waals surface area contributed by atoms with Crippen LogP contribution in [-0.2, 0) is 0 Å². The second-order valence-electron chi connectivity index (χ2n) is 4.73. The van der Waals surface area contributed by atoms with Gasteiger partial charge in [-0.15, -0.1) is 0 Å². The number of methoxy groups -OCH3 is 2. The Morgan fingerprint density at radius 3 is 2.17 bits per heavy atom. The third kappa shape index (κ3) is 3.32. The lowest BCUT2D eigenvalue weighted by Crippen LogP contribution is -2.14. The second-order valence-corrected chi connectivity index (χ2v) is 4.73. The Bertz CT molecular complexity index is 803. The first-order valence-electron chi connectivity index (χ1n) is 6.73. The quantitative estimate of drug-likeness (QED) is 0.428. The number of hydrogen-bond acceptors (Lipinski definition) is 7. The van der Waals surface area contributed by atoms with Crippen LogP contribution in [0.3, 0.4) is 0 Å². The molecule has 0 heterocycles. The van der Waals surface area contributed by atoms with Crippen LogP contribution in [0.5, 0.6) is 17.2 Å². The van der Waals surface area contributed by atoms with Gasteiger partial charge in [-0.3, -0.25) is 0 Å². The molecule has 2 aromatic carbocycles. The molecule has 0 radical (unpaired) electrons. The molecule has 0 fully saturated rings. The maximum Gasteiger partial charge on any atom is 0.345 e. The van der Waals surface area contributed by atoms with Crippen molar-refractivity contribution < 1.29 is 28.9 Å². The number of anilines is 2. The van der Waals surface area contributed by atoms with E-state index in [0.29, 0.717) is 5.75 Å². The normalized spacial score (nSPS) is 10.1. The molecule has 0 saturated carbocycles. The van der Waals surface area contributed by atoms with Crippen LogP contribution >= 0.6 is 0 Å². The molecule has 8 nitrogen and oxygen atoms in total. The van der Waals surface area contributed by atoms with Gasteiger partial charge >= 0.3 is 11.9 Å². The van der Waals surface area contributed by atoms with Crippen molar-refractivity contribution in [3.63, 3.8) is 0 Å². The average Bonchev–Trinajstić information content (AvgIpc) is 2.56. The lowest BCUT2D eigenvalue weighted by Gasteiger charge is -2.13. The number of hydrogen-bond donors (Lipinski definition) is 3. The smallest absolute Gasteiger partial charge is 0.345 e. The van der Waals surface area contributed by atoms with Crippen LogP contribution in [0.2, 0.25) is 0 Å². The Morgan fingerprint density at radius 1 is 0.958 bits per heavy atom. The molecule has 126 valence electrons. The molecule has 0 unspecified atom stereocenters. The summed E-state index contributed by atoms with van der Waals surface area (Å²) < 4.78 is 15.2. The van der Waals surface area contributed by atoms with Crippen molar-refractivity contribution in [1.82, 2.24) is 0 Å². The highest BCUT2D eigenvalue weighted by atomic mass is 16.5. The number of carbonyl (C=O) groups is 2. The average molecular weight is 332 g/mol. The van der Waals surface area contributed by atoms with E-state index in [9.17, 15) is 9.59 Å². The van der Waals surface area contributed by atoms with Gasteiger partial charge in [0.05, 0.1) is 31.0 Å². The predicted octanol–water partition coefficient (Wildman–Crippen LogP) is 1.79. The van der Waals surface area contributed by atoms with Gasteiger partial charge in [-0.1, -0.05) is 0 Å². The zero-order valence-electron chi connectivity index (χ0n) is 13.0. The Labute approximate surface area is 137 Å². The van der Waals surface area contributed by atoms with Crippen molar-refractivity contribution in [2.45, 2.75) is 0 Å². The fourth-order valence-corrected chi connectivity index (χ4v) is 1.97. The van der Waals surface area contributed by atoms with E-state index in [0.717, 1.165) is 0 Å². The number of carboxylic acid groups (broad SMARTS) is 1. The van der Waals surface area contributed by atoms with Crippen LogP contribution in [0, 0.1) is 0 Å².